The Bertz CT molecular complexity index is 1000. The second-order valence-electron chi connectivity index (χ2n) is 15.3. The quantitative estimate of drug-likeness (QED) is 0.116. The van der Waals surface area contributed by atoms with Crippen LogP contribution in [0.5, 0.6) is 0 Å². The van der Waals surface area contributed by atoms with E-state index in [1.54, 1.807) is 26.6 Å². The van der Waals surface area contributed by atoms with Gasteiger partial charge < -0.3 is 0 Å². The second-order valence-corrected chi connectivity index (χ2v) is 49.8. The summed E-state index contributed by atoms with van der Waals surface area (Å²) in [4.78, 5) is 3.80. The van der Waals surface area contributed by atoms with E-state index >= 15 is 0 Å². The first-order valence-corrected chi connectivity index (χ1v) is 38.1. The Kier molecular flexibility index (Phi) is 14.7. The first-order chi connectivity index (χ1) is 20.8. The van der Waals surface area contributed by atoms with Crippen LogP contribution in [0.15, 0.2) is 12.1 Å². The van der Waals surface area contributed by atoms with Gasteiger partial charge in [-0.05, 0) is 0 Å². The van der Waals surface area contributed by atoms with Gasteiger partial charge in [0.1, 0.15) is 0 Å². The molecule has 0 saturated heterocycles. The van der Waals surface area contributed by atoms with Crippen LogP contribution < -0.4 is 16.2 Å². The number of hydrogen-bond acceptors (Lipinski definition) is 2. The summed E-state index contributed by atoms with van der Waals surface area (Å²) in [6.07, 6.45) is 17.2. The summed E-state index contributed by atoms with van der Waals surface area (Å²) in [6, 6.07) is 9.08. The molecule has 0 bridgehead atoms. The van der Waals surface area contributed by atoms with Crippen LogP contribution in [0.1, 0.15) is 154 Å². The molecule has 0 nitrogen and oxygen atoms in total. The molecular formula is C38H68S2SiSn2. The van der Waals surface area contributed by atoms with Crippen LogP contribution in [0.2, 0.25) is 38.7 Å². The number of hydrogen-bond donors (Lipinski definition) is 0. The summed E-state index contributed by atoms with van der Waals surface area (Å²) in [7, 11) is -1.65. The zero-order valence-corrected chi connectivity index (χ0v) is 38.1. The molecule has 244 valence electrons. The Hall–Kier alpha value is 1.21. The van der Waals surface area contributed by atoms with Crippen molar-refractivity contribution < 1.29 is 0 Å². The zero-order chi connectivity index (χ0) is 31.1. The van der Waals surface area contributed by atoms with Crippen molar-refractivity contribution in [3.63, 3.8) is 0 Å². The van der Waals surface area contributed by atoms with Crippen LogP contribution in [0.3, 0.4) is 0 Å². The Morgan fingerprint density at radius 1 is 0.535 bits per heavy atom. The van der Waals surface area contributed by atoms with Gasteiger partial charge in [0.05, 0.1) is 0 Å². The number of rotatable bonds is 20. The van der Waals surface area contributed by atoms with Gasteiger partial charge in [0, 0.05) is 0 Å². The van der Waals surface area contributed by atoms with E-state index in [4.69, 9.17) is 0 Å². The van der Waals surface area contributed by atoms with Crippen LogP contribution in [-0.4, -0.2) is 44.8 Å². The average Bonchev–Trinajstić information content (AvgIpc) is 3.77. The molecule has 1 spiro atoms. The van der Waals surface area contributed by atoms with Crippen molar-refractivity contribution >= 4 is 83.7 Å². The van der Waals surface area contributed by atoms with Gasteiger partial charge in [-0.15, -0.1) is 0 Å². The van der Waals surface area contributed by atoms with Crippen molar-refractivity contribution in [2.75, 3.05) is 0 Å². The number of unbranched alkanes of at least 4 members (excludes halogenated alkanes) is 6. The average molecular weight is 855 g/mol. The minimum absolute atomic E-state index is 0.808. The summed E-state index contributed by atoms with van der Waals surface area (Å²) in [6.45, 7) is 19.9. The fraction of sp³-hybridized carbons (Fsp3) is 0.789. The summed E-state index contributed by atoms with van der Waals surface area (Å²) >= 11 is 0.00196. The van der Waals surface area contributed by atoms with Gasteiger partial charge in [0.15, 0.2) is 0 Å². The zero-order valence-electron chi connectivity index (χ0n) is 29.8. The normalized spacial score (nSPS) is 19.4. The van der Waals surface area contributed by atoms with Gasteiger partial charge in [-0.3, -0.25) is 0 Å². The molecule has 0 aromatic carbocycles. The molecule has 4 heterocycles. The van der Waals surface area contributed by atoms with Gasteiger partial charge in [-0.1, -0.05) is 0 Å². The number of thiophene rings is 2. The van der Waals surface area contributed by atoms with Crippen LogP contribution in [0.25, 0.3) is 0 Å². The van der Waals surface area contributed by atoms with Crippen LogP contribution in [0, 0.1) is 0 Å². The van der Waals surface area contributed by atoms with Crippen molar-refractivity contribution in [1.82, 2.24) is 0 Å². The van der Waals surface area contributed by atoms with Crippen molar-refractivity contribution in [1.29, 1.82) is 0 Å². The van der Waals surface area contributed by atoms with Crippen LogP contribution in [0.4, 0.5) is 0 Å². The van der Waals surface area contributed by atoms with Gasteiger partial charge >= 0.3 is 289 Å². The fourth-order valence-electron chi connectivity index (χ4n) is 9.29. The molecule has 0 fully saturated rings. The molecule has 0 unspecified atom stereocenters. The Morgan fingerprint density at radius 2 is 0.814 bits per heavy atom. The SMILES string of the molecule is CCC[CH2][Sn]([CH2]CCC)([CH2]CCC)[c]1cc2c(s1)[C@H](C)C[Si]21C[C@@H](C)c2s[c]([Sn]([CH2]CCC)([CH2]CCC)[CH2]CCC)cc21. The van der Waals surface area contributed by atoms with Gasteiger partial charge in [0.25, 0.3) is 0 Å². The van der Waals surface area contributed by atoms with Crippen molar-refractivity contribution in [3.8, 4) is 0 Å². The molecule has 0 radical (unpaired) electrons. The van der Waals surface area contributed by atoms with Crippen molar-refractivity contribution in [2.24, 2.45) is 0 Å². The molecule has 0 aliphatic carbocycles. The van der Waals surface area contributed by atoms with Crippen molar-refractivity contribution in [2.45, 2.75) is 183 Å². The first-order valence-electron chi connectivity index (χ1n) is 19.1. The van der Waals surface area contributed by atoms with E-state index in [9.17, 15) is 0 Å². The molecule has 2 aromatic rings. The predicted molar refractivity (Wildman–Crippen MR) is 209 cm³/mol. The third kappa shape index (κ3) is 7.77. The third-order valence-electron chi connectivity index (χ3n) is 11.9. The second kappa shape index (κ2) is 17.0. The molecule has 2 atom stereocenters. The summed E-state index contributed by atoms with van der Waals surface area (Å²) < 4.78 is 13.8. The molecule has 0 amide bonds. The molecule has 2 aromatic heterocycles. The van der Waals surface area contributed by atoms with Crippen LogP contribution in [-0.2, 0) is 0 Å². The molecule has 4 rings (SSSR count). The van der Waals surface area contributed by atoms with E-state index in [-0.39, 0.29) is 0 Å². The van der Waals surface area contributed by atoms with E-state index in [1.807, 2.05) is 25.9 Å². The molecule has 0 N–H and O–H groups in total. The van der Waals surface area contributed by atoms with E-state index in [1.165, 1.54) is 89.1 Å². The van der Waals surface area contributed by atoms with E-state index in [2.05, 4.69) is 90.2 Å². The summed E-state index contributed by atoms with van der Waals surface area (Å²) in [5.41, 5.74) is 0. The Balaban J connectivity index is 1.81. The van der Waals surface area contributed by atoms with Gasteiger partial charge in [-0.25, -0.2) is 0 Å². The van der Waals surface area contributed by atoms with Gasteiger partial charge in [-0.2, -0.15) is 0 Å². The number of fused-ring (bicyclic) bond motifs is 4. The predicted octanol–water partition coefficient (Wildman–Crippen LogP) is 11.7. The molecule has 43 heavy (non-hydrogen) atoms. The van der Waals surface area contributed by atoms with Gasteiger partial charge in [0.2, 0.25) is 0 Å². The molecule has 2 aliphatic rings. The van der Waals surface area contributed by atoms with E-state index in [0.29, 0.717) is 0 Å². The van der Waals surface area contributed by atoms with E-state index < -0.39 is 44.8 Å². The Labute approximate surface area is 285 Å². The topological polar surface area (TPSA) is 0 Å². The van der Waals surface area contributed by atoms with Crippen molar-refractivity contribution in [3.05, 3.63) is 21.9 Å². The molecule has 2 aliphatic heterocycles. The van der Waals surface area contributed by atoms with Crippen LogP contribution >= 0.6 is 22.7 Å². The maximum atomic E-state index is 3.01. The standard InChI is InChI=1S/C14H14S2Si.6C4H9.2Sn/c1-9-7-17(11-3-5-15-13(9)11)8-10(2)14-12(17)4-6-16-14;6*1-3-4-2;;/h3-4,9-10H,7-8H2,1-2H3;6*1,3-4H2,2H3;;/t9-,10-,17?;;;;;;;;/m1......../s1. The monoisotopic (exact) mass is 856 g/mol. The summed E-state index contributed by atoms with van der Waals surface area (Å²) in [5.74, 6) is 1.62. The first kappa shape index (κ1) is 37.0. The van der Waals surface area contributed by atoms with E-state index in [0.717, 1.165) is 11.8 Å². The molecule has 5 heteroatoms. The maximum absolute atomic E-state index is 3.01. The Morgan fingerprint density at radius 3 is 1.07 bits per heavy atom. The minimum atomic E-state index is -2.41. The fourth-order valence-corrected chi connectivity index (χ4v) is 58.8. The third-order valence-corrected chi connectivity index (χ3v) is 56.9. The molecular weight excluding hydrogens is 786 g/mol. The molecule has 0 saturated carbocycles. The summed E-state index contributed by atoms with van der Waals surface area (Å²) in [5, 5.41) is 3.99.